The Balaban J connectivity index is 1.97. The molecular weight excluding hydrogens is 238 g/mol. The van der Waals surface area contributed by atoms with Crippen molar-refractivity contribution in [2.45, 2.75) is 23.1 Å². The highest BCUT2D eigenvalue weighted by molar-refractivity contribution is 7.99. The van der Waals surface area contributed by atoms with Gasteiger partial charge in [-0.05, 0) is 25.0 Å². The number of pyridine rings is 1. The van der Waals surface area contributed by atoms with Crippen LogP contribution in [0.5, 0.6) is 0 Å². The van der Waals surface area contributed by atoms with Crippen molar-refractivity contribution in [1.29, 1.82) is 0 Å². The molecule has 0 amide bonds. The lowest BCUT2D eigenvalue weighted by atomic mass is 10.2. The fraction of sp³-hybridized carbons (Fsp3) is 0.455. The van der Waals surface area contributed by atoms with E-state index in [1.54, 1.807) is 18.0 Å². The van der Waals surface area contributed by atoms with Gasteiger partial charge in [0.1, 0.15) is 0 Å². The van der Waals surface area contributed by atoms with Gasteiger partial charge in [-0.3, -0.25) is 0 Å². The summed E-state index contributed by atoms with van der Waals surface area (Å²) in [4.78, 5) is 4.29. The Morgan fingerprint density at radius 1 is 1.47 bits per heavy atom. The van der Waals surface area contributed by atoms with Crippen LogP contribution in [0.3, 0.4) is 0 Å². The summed E-state index contributed by atoms with van der Waals surface area (Å²) in [6, 6.07) is 3.71. The number of hydrogen-bond donors (Lipinski definition) is 2. The number of rotatable bonds is 3. The van der Waals surface area contributed by atoms with E-state index < -0.39 is 0 Å². The van der Waals surface area contributed by atoms with Crippen LogP contribution in [-0.4, -0.2) is 34.5 Å². The Kier molecular flexibility index (Phi) is 4.22. The summed E-state index contributed by atoms with van der Waals surface area (Å²) in [5.41, 5.74) is 6.09. The molecule has 17 heavy (non-hydrogen) atoms. The maximum Gasteiger partial charge on any atom is 0.171 e. The largest absolute Gasteiger partial charge is 0.409 e. The summed E-state index contributed by atoms with van der Waals surface area (Å²) in [7, 11) is 0. The third-order valence-corrected chi connectivity index (χ3v) is 3.88. The van der Waals surface area contributed by atoms with E-state index in [-0.39, 0.29) is 5.84 Å². The molecule has 0 radical (unpaired) electrons. The molecule has 1 saturated heterocycles. The quantitative estimate of drug-likeness (QED) is 0.369. The van der Waals surface area contributed by atoms with Crippen molar-refractivity contribution >= 4 is 17.6 Å². The molecule has 0 spiro atoms. The SMILES string of the molecule is N/C(=N/O)c1ccc(SC2CCOCC2)nc1. The van der Waals surface area contributed by atoms with Gasteiger partial charge in [0.15, 0.2) is 5.84 Å². The molecule has 0 bridgehead atoms. The molecule has 0 atom stereocenters. The Labute approximate surface area is 104 Å². The first kappa shape index (κ1) is 12.2. The zero-order valence-corrected chi connectivity index (χ0v) is 10.2. The number of hydrogen-bond acceptors (Lipinski definition) is 5. The van der Waals surface area contributed by atoms with Crippen molar-refractivity contribution in [3.8, 4) is 0 Å². The lowest BCUT2D eigenvalue weighted by Crippen LogP contribution is -2.17. The van der Waals surface area contributed by atoms with Crippen molar-refractivity contribution in [1.82, 2.24) is 4.98 Å². The van der Waals surface area contributed by atoms with Crippen LogP contribution >= 0.6 is 11.8 Å². The molecule has 1 fully saturated rings. The highest BCUT2D eigenvalue weighted by Crippen LogP contribution is 2.28. The maximum atomic E-state index is 8.53. The van der Waals surface area contributed by atoms with Gasteiger partial charge in [-0.15, -0.1) is 11.8 Å². The third kappa shape index (κ3) is 3.34. The molecule has 5 nitrogen and oxygen atoms in total. The summed E-state index contributed by atoms with van der Waals surface area (Å²) < 4.78 is 5.31. The first-order chi connectivity index (χ1) is 8.29. The van der Waals surface area contributed by atoms with Gasteiger partial charge in [0.25, 0.3) is 0 Å². The molecule has 92 valence electrons. The first-order valence-corrected chi connectivity index (χ1v) is 6.36. The summed E-state index contributed by atoms with van der Waals surface area (Å²) in [6.45, 7) is 1.67. The normalized spacial score (nSPS) is 18.2. The van der Waals surface area contributed by atoms with Crippen LogP contribution in [0, 0.1) is 0 Å². The third-order valence-electron chi connectivity index (χ3n) is 2.60. The van der Waals surface area contributed by atoms with E-state index in [0.29, 0.717) is 10.8 Å². The van der Waals surface area contributed by atoms with E-state index in [1.165, 1.54) is 0 Å². The van der Waals surface area contributed by atoms with Gasteiger partial charge in [-0.2, -0.15) is 0 Å². The second kappa shape index (κ2) is 5.88. The molecule has 0 saturated carbocycles. The molecule has 6 heteroatoms. The van der Waals surface area contributed by atoms with Crippen molar-refractivity contribution in [3.63, 3.8) is 0 Å². The first-order valence-electron chi connectivity index (χ1n) is 5.48. The van der Waals surface area contributed by atoms with Crippen LogP contribution in [0.1, 0.15) is 18.4 Å². The maximum absolute atomic E-state index is 8.53. The van der Waals surface area contributed by atoms with Gasteiger partial charge in [0.05, 0.1) is 5.03 Å². The fourth-order valence-corrected chi connectivity index (χ4v) is 2.65. The molecule has 0 aromatic carbocycles. The van der Waals surface area contributed by atoms with Crippen molar-refractivity contribution in [3.05, 3.63) is 23.9 Å². The second-order valence-corrected chi connectivity index (χ2v) is 5.12. The Bertz CT molecular complexity index is 388. The summed E-state index contributed by atoms with van der Waals surface area (Å²) in [5, 5.41) is 13.0. The highest BCUT2D eigenvalue weighted by atomic mass is 32.2. The number of amidine groups is 1. The van der Waals surface area contributed by atoms with Gasteiger partial charge >= 0.3 is 0 Å². The molecule has 1 aromatic heterocycles. The Morgan fingerprint density at radius 2 is 2.24 bits per heavy atom. The molecule has 3 N–H and O–H groups in total. The van der Waals surface area contributed by atoms with Gasteiger partial charge < -0.3 is 15.7 Å². The van der Waals surface area contributed by atoms with E-state index in [2.05, 4.69) is 10.1 Å². The van der Waals surface area contributed by atoms with Crippen LogP contribution < -0.4 is 5.73 Å². The monoisotopic (exact) mass is 253 g/mol. The molecule has 1 aliphatic rings. The minimum absolute atomic E-state index is 0.0834. The average molecular weight is 253 g/mol. The molecule has 1 aromatic rings. The summed E-state index contributed by atoms with van der Waals surface area (Å²) >= 11 is 1.76. The van der Waals surface area contributed by atoms with E-state index in [1.807, 2.05) is 12.1 Å². The van der Waals surface area contributed by atoms with Crippen LogP contribution in [0.4, 0.5) is 0 Å². The average Bonchev–Trinajstić information content (AvgIpc) is 2.40. The van der Waals surface area contributed by atoms with Gasteiger partial charge in [0, 0.05) is 30.2 Å². The fourth-order valence-electron chi connectivity index (χ4n) is 1.62. The number of nitrogens with zero attached hydrogens (tertiary/aromatic N) is 2. The second-order valence-electron chi connectivity index (χ2n) is 3.80. The van der Waals surface area contributed by atoms with E-state index >= 15 is 0 Å². The van der Waals surface area contributed by atoms with Crippen LogP contribution in [0.15, 0.2) is 28.5 Å². The number of nitrogens with two attached hydrogens (primary N) is 1. The topological polar surface area (TPSA) is 80.7 Å². The number of thioether (sulfide) groups is 1. The number of oxime groups is 1. The minimum Gasteiger partial charge on any atom is -0.409 e. The lowest BCUT2D eigenvalue weighted by molar-refractivity contribution is 0.1000. The van der Waals surface area contributed by atoms with E-state index in [0.717, 1.165) is 31.1 Å². The van der Waals surface area contributed by atoms with Crippen molar-refractivity contribution in [2.75, 3.05) is 13.2 Å². The zero-order valence-electron chi connectivity index (χ0n) is 9.37. The summed E-state index contributed by atoms with van der Waals surface area (Å²) in [5.74, 6) is 0.0834. The standard InChI is InChI=1S/C11H15N3O2S/c12-11(14-15)8-1-2-10(13-7-8)17-9-3-5-16-6-4-9/h1-2,7,9,15H,3-6H2,(H2,12,14). The van der Waals surface area contributed by atoms with Crippen molar-refractivity contribution < 1.29 is 9.94 Å². The number of ether oxygens (including phenoxy) is 1. The molecule has 2 heterocycles. The van der Waals surface area contributed by atoms with E-state index in [9.17, 15) is 0 Å². The smallest absolute Gasteiger partial charge is 0.171 e. The molecule has 1 aliphatic heterocycles. The summed E-state index contributed by atoms with van der Waals surface area (Å²) in [6.07, 6.45) is 3.75. The van der Waals surface area contributed by atoms with Crippen LogP contribution in [-0.2, 0) is 4.74 Å². The molecule has 2 rings (SSSR count). The van der Waals surface area contributed by atoms with Gasteiger partial charge in [-0.25, -0.2) is 4.98 Å². The predicted molar refractivity (Wildman–Crippen MR) is 66.4 cm³/mol. The lowest BCUT2D eigenvalue weighted by Gasteiger charge is -2.20. The van der Waals surface area contributed by atoms with Crippen LogP contribution in [0.25, 0.3) is 0 Å². The Hall–Kier alpha value is -1.27. The molecule has 0 unspecified atom stereocenters. The number of aromatic nitrogens is 1. The molecular formula is C11H15N3O2S. The minimum atomic E-state index is 0.0834. The highest BCUT2D eigenvalue weighted by Gasteiger charge is 2.15. The van der Waals surface area contributed by atoms with Gasteiger partial charge in [-0.1, -0.05) is 5.16 Å². The molecule has 0 aliphatic carbocycles. The van der Waals surface area contributed by atoms with E-state index in [4.69, 9.17) is 15.7 Å². The van der Waals surface area contributed by atoms with Gasteiger partial charge in [0.2, 0.25) is 0 Å². The zero-order chi connectivity index (χ0) is 12.1. The Morgan fingerprint density at radius 3 is 2.82 bits per heavy atom. The predicted octanol–water partition coefficient (Wildman–Crippen LogP) is 1.45. The van der Waals surface area contributed by atoms with Crippen LogP contribution in [0.2, 0.25) is 0 Å². The van der Waals surface area contributed by atoms with Crippen molar-refractivity contribution in [2.24, 2.45) is 10.9 Å².